The second-order valence-corrected chi connectivity index (χ2v) is 8.24. The maximum Gasteiger partial charge on any atom is 0.0818 e. The Morgan fingerprint density at radius 2 is 1.56 bits per heavy atom. The van der Waals surface area contributed by atoms with Crippen LogP contribution < -0.4 is 5.11 Å². The Morgan fingerprint density at radius 3 is 2.12 bits per heavy atom. The maximum absolute atomic E-state index is 12.9. The molecule has 1 spiro atoms. The molecule has 3 nitrogen and oxygen atoms in total. The Morgan fingerprint density at radius 1 is 0.960 bits per heavy atom. The number of rotatable bonds is 2. The van der Waals surface area contributed by atoms with Crippen LogP contribution in [0.4, 0.5) is 0 Å². The Balaban J connectivity index is 2.09. The molecule has 1 aliphatic carbocycles. The lowest BCUT2D eigenvalue weighted by Crippen LogP contribution is -2.41. The zero-order valence-electron chi connectivity index (χ0n) is 16.7. The molecule has 3 rings (SSSR count). The summed E-state index contributed by atoms with van der Waals surface area (Å²) in [5.41, 5.74) is 7.64. The SMILES string of the molecule is COC1(C)CCC2(CC1)N=C([O-])C(c1c(C)cc(C)c(C)c1C)=C2C. The molecule has 1 aromatic carbocycles. The molecule has 0 N–H and O–H groups in total. The van der Waals surface area contributed by atoms with Gasteiger partial charge in [-0.1, -0.05) is 6.07 Å². The molecule has 0 radical (unpaired) electrons. The summed E-state index contributed by atoms with van der Waals surface area (Å²) < 4.78 is 5.68. The van der Waals surface area contributed by atoms with Crippen molar-refractivity contribution in [3.8, 4) is 0 Å². The Hall–Kier alpha value is -1.61. The minimum atomic E-state index is -0.317. The van der Waals surface area contributed by atoms with E-state index < -0.39 is 0 Å². The third kappa shape index (κ3) is 2.73. The molecule has 2 aliphatic rings. The van der Waals surface area contributed by atoms with Gasteiger partial charge in [-0.15, -0.1) is 0 Å². The number of hydrogen-bond donors (Lipinski definition) is 0. The molecule has 1 fully saturated rings. The van der Waals surface area contributed by atoms with Gasteiger partial charge in [-0.2, -0.15) is 0 Å². The highest BCUT2D eigenvalue weighted by molar-refractivity contribution is 6.21. The average molecular weight is 340 g/mol. The Bertz CT molecular complexity index is 778. The predicted molar refractivity (Wildman–Crippen MR) is 102 cm³/mol. The first-order valence-corrected chi connectivity index (χ1v) is 9.26. The topological polar surface area (TPSA) is 44.6 Å². The number of ether oxygens (including phenoxy) is 1. The zero-order chi connectivity index (χ0) is 18.6. The van der Waals surface area contributed by atoms with Crippen molar-refractivity contribution < 1.29 is 9.84 Å². The molecule has 25 heavy (non-hydrogen) atoms. The van der Waals surface area contributed by atoms with E-state index in [0.29, 0.717) is 0 Å². The van der Waals surface area contributed by atoms with Crippen molar-refractivity contribution in [3.63, 3.8) is 0 Å². The molecule has 0 amide bonds. The van der Waals surface area contributed by atoms with Gasteiger partial charge in [-0.05, 0) is 112 Å². The second-order valence-electron chi connectivity index (χ2n) is 8.24. The number of aryl methyl sites for hydroxylation is 2. The van der Waals surface area contributed by atoms with Gasteiger partial charge >= 0.3 is 0 Å². The molecule has 0 saturated heterocycles. The van der Waals surface area contributed by atoms with Crippen LogP contribution in [-0.2, 0) is 4.74 Å². The third-order valence-electron chi connectivity index (χ3n) is 6.84. The van der Waals surface area contributed by atoms with Crippen LogP contribution in [0.1, 0.15) is 67.3 Å². The average Bonchev–Trinajstić information content (AvgIpc) is 2.81. The van der Waals surface area contributed by atoms with Crippen molar-refractivity contribution in [2.24, 2.45) is 4.99 Å². The summed E-state index contributed by atoms with van der Waals surface area (Å²) in [6, 6.07) is 2.19. The van der Waals surface area contributed by atoms with E-state index in [1.54, 1.807) is 7.11 Å². The summed E-state index contributed by atoms with van der Waals surface area (Å²) in [4.78, 5) is 4.68. The molecule has 0 bridgehead atoms. The fraction of sp³-hybridized carbons (Fsp3) is 0.591. The molecule has 0 atom stereocenters. The van der Waals surface area contributed by atoms with E-state index in [1.807, 2.05) is 0 Å². The number of aliphatic imine (C=N–C) groups is 1. The van der Waals surface area contributed by atoms with Gasteiger partial charge < -0.3 is 9.84 Å². The summed E-state index contributed by atoms with van der Waals surface area (Å²) in [6.45, 7) is 12.8. The minimum absolute atomic E-state index is 0.0343. The molecule has 3 heteroatoms. The molecule has 1 saturated carbocycles. The van der Waals surface area contributed by atoms with Crippen molar-refractivity contribution in [1.29, 1.82) is 0 Å². The van der Waals surface area contributed by atoms with Gasteiger partial charge in [-0.3, -0.25) is 4.99 Å². The van der Waals surface area contributed by atoms with Crippen LogP contribution in [-0.4, -0.2) is 24.1 Å². The predicted octanol–water partition coefficient (Wildman–Crippen LogP) is 4.18. The van der Waals surface area contributed by atoms with E-state index in [-0.39, 0.29) is 17.0 Å². The fourth-order valence-corrected chi connectivity index (χ4v) is 4.57. The molecule has 1 aromatic rings. The summed E-state index contributed by atoms with van der Waals surface area (Å²) in [6.07, 6.45) is 3.66. The van der Waals surface area contributed by atoms with Crippen LogP contribution in [0, 0.1) is 27.7 Å². The largest absolute Gasteiger partial charge is 0.858 e. The lowest BCUT2D eigenvalue weighted by molar-refractivity contribution is -0.211. The molecular weight excluding hydrogens is 310 g/mol. The van der Waals surface area contributed by atoms with Crippen LogP contribution in [0.2, 0.25) is 0 Å². The maximum atomic E-state index is 12.9. The molecular formula is C22H30NO2-. The van der Waals surface area contributed by atoms with Crippen LogP contribution >= 0.6 is 0 Å². The Labute approximate surface area is 151 Å². The first kappa shape index (κ1) is 18.2. The summed E-state index contributed by atoms with van der Waals surface area (Å²) in [5, 5.41) is 12.9. The van der Waals surface area contributed by atoms with Crippen molar-refractivity contribution in [3.05, 3.63) is 39.5 Å². The quantitative estimate of drug-likeness (QED) is 0.810. The van der Waals surface area contributed by atoms with E-state index in [0.717, 1.165) is 42.4 Å². The monoisotopic (exact) mass is 340 g/mol. The second kappa shape index (κ2) is 5.98. The van der Waals surface area contributed by atoms with E-state index in [2.05, 4.69) is 52.6 Å². The van der Waals surface area contributed by atoms with Crippen molar-refractivity contribution in [1.82, 2.24) is 0 Å². The van der Waals surface area contributed by atoms with Crippen LogP contribution in [0.15, 0.2) is 16.6 Å². The number of benzene rings is 1. The number of methoxy groups -OCH3 is 1. The molecule has 0 aromatic heterocycles. The van der Waals surface area contributed by atoms with Crippen LogP contribution in [0.3, 0.4) is 0 Å². The molecule has 1 heterocycles. The summed E-state index contributed by atoms with van der Waals surface area (Å²) >= 11 is 0. The standard InChI is InChI=1S/C22H31NO2/c1-13-12-14(2)18(16(4)15(13)3)19-17(5)22(23-20(19)24)10-8-21(6,25-7)9-11-22/h12H,8-11H2,1-7H3,(H,23,24)/p-1. The zero-order valence-corrected chi connectivity index (χ0v) is 16.7. The van der Waals surface area contributed by atoms with Gasteiger partial charge in [0.25, 0.3) is 0 Å². The summed E-state index contributed by atoms with van der Waals surface area (Å²) in [7, 11) is 1.78. The number of hydrogen-bond acceptors (Lipinski definition) is 3. The molecule has 0 unspecified atom stereocenters. The van der Waals surface area contributed by atoms with Crippen LogP contribution in [0.5, 0.6) is 0 Å². The highest BCUT2D eigenvalue weighted by Gasteiger charge is 2.44. The first-order chi connectivity index (χ1) is 11.6. The summed E-state index contributed by atoms with van der Waals surface area (Å²) in [5.74, 6) is -0.0343. The van der Waals surface area contributed by atoms with E-state index in [9.17, 15) is 5.11 Å². The lowest BCUT2D eigenvalue weighted by atomic mass is 9.71. The molecule has 1 aliphatic heterocycles. The van der Waals surface area contributed by atoms with E-state index >= 15 is 0 Å². The first-order valence-electron chi connectivity index (χ1n) is 9.26. The Kier molecular flexibility index (Phi) is 4.35. The fourth-order valence-electron chi connectivity index (χ4n) is 4.57. The van der Waals surface area contributed by atoms with E-state index in [1.165, 1.54) is 22.3 Å². The van der Waals surface area contributed by atoms with Gasteiger partial charge in [0.15, 0.2) is 0 Å². The van der Waals surface area contributed by atoms with Gasteiger partial charge in [-0.25, -0.2) is 0 Å². The van der Waals surface area contributed by atoms with Gasteiger partial charge in [0.2, 0.25) is 0 Å². The van der Waals surface area contributed by atoms with Crippen LogP contribution in [0.25, 0.3) is 5.57 Å². The molecule has 136 valence electrons. The number of nitrogens with zero attached hydrogens (tertiary/aromatic N) is 1. The van der Waals surface area contributed by atoms with Crippen molar-refractivity contribution >= 4 is 11.5 Å². The van der Waals surface area contributed by atoms with Gasteiger partial charge in [0, 0.05) is 7.11 Å². The highest BCUT2D eigenvalue weighted by atomic mass is 16.5. The van der Waals surface area contributed by atoms with Crippen molar-refractivity contribution in [2.45, 2.75) is 78.4 Å². The van der Waals surface area contributed by atoms with Gasteiger partial charge in [0.05, 0.1) is 11.1 Å². The minimum Gasteiger partial charge on any atom is -0.858 e. The third-order valence-corrected chi connectivity index (χ3v) is 6.84. The van der Waals surface area contributed by atoms with Crippen molar-refractivity contribution in [2.75, 3.05) is 7.11 Å². The normalized spacial score (nSPS) is 29.5. The van der Waals surface area contributed by atoms with E-state index in [4.69, 9.17) is 4.74 Å². The smallest absolute Gasteiger partial charge is 0.0818 e. The van der Waals surface area contributed by atoms with Gasteiger partial charge in [0.1, 0.15) is 0 Å². The highest BCUT2D eigenvalue weighted by Crippen LogP contribution is 2.48. The lowest BCUT2D eigenvalue weighted by Gasteiger charge is -2.41.